The number of benzene rings is 2. The van der Waals surface area contributed by atoms with E-state index >= 15 is 0 Å². The second kappa shape index (κ2) is 8.17. The van der Waals surface area contributed by atoms with E-state index in [4.69, 9.17) is 0 Å². The normalized spacial score (nSPS) is 18.3. The van der Waals surface area contributed by atoms with E-state index in [1.54, 1.807) is 0 Å². The SMILES string of the molecule is CC(C)(C)c1ccc(NC(=O)N2CCS[C@@H](c3ccccc3)CC2)cc1. The molecule has 0 radical (unpaired) electrons. The minimum absolute atomic E-state index is 0.00261. The number of amides is 2. The molecule has 1 aliphatic rings. The van der Waals surface area contributed by atoms with Crippen LogP contribution in [0, 0.1) is 0 Å². The molecule has 1 fully saturated rings. The molecule has 4 heteroatoms. The number of hydrogen-bond acceptors (Lipinski definition) is 2. The lowest BCUT2D eigenvalue weighted by molar-refractivity contribution is 0.215. The Morgan fingerprint density at radius 2 is 1.73 bits per heavy atom. The fourth-order valence-electron chi connectivity index (χ4n) is 3.16. The molecule has 2 aromatic rings. The van der Waals surface area contributed by atoms with Crippen molar-refractivity contribution in [3.05, 3.63) is 65.7 Å². The lowest BCUT2D eigenvalue weighted by atomic mass is 9.87. The van der Waals surface area contributed by atoms with E-state index in [0.717, 1.165) is 31.0 Å². The van der Waals surface area contributed by atoms with Crippen LogP contribution >= 0.6 is 11.8 Å². The summed E-state index contributed by atoms with van der Waals surface area (Å²) in [6, 6.07) is 18.8. The fraction of sp³-hybridized carbons (Fsp3) is 0.409. The van der Waals surface area contributed by atoms with E-state index in [0.29, 0.717) is 5.25 Å². The van der Waals surface area contributed by atoms with Gasteiger partial charge in [0.05, 0.1) is 0 Å². The van der Waals surface area contributed by atoms with Gasteiger partial charge in [-0.2, -0.15) is 11.8 Å². The Morgan fingerprint density at radius 1 is 1.04 bits per heavy atom. The predicted molar refractivity (Wildman–Crippen MR) is 112 cm³/mol. The topological polar surface area (TPSA) is 32.3 Å². The zero-order valence-corrected chi connectivity index (χ0v) is 16.7. The quantitative estimate of drug-likeness (QED) is 0.738. The molecule has 1 N–H and O–H groups in total. The van der Waals surface area contributed by atoms with E-state index < -0.39 is 0 Å². The first-order valence-electron chi connectivity index (χ1n) is 9.26. The summed E-state index contributed by atoms with van der Waals surface area (Å²) in [6.07, 6.45) is 0.991. The van der Waals surface area contributed by atoms with Gasteiger partial charge in [0.25, 0.3) is 0 Å². The third kappa shape index (κ3) is 4.82. The van der Waals surface area contributed by atoms with Crippen LogP contribution in [0.1, 0.15) is 43.6 Å². The lowest BCUT2D eigenvalue weighted by Gasteiger charge is -2.22. The molecule has 0 saturated carbocycles. The third-order valence-electron chi connectivity index (χ3n) is 4.80. The van der Waals surface area contributed by atoms with Crippen molar-refractivity contribution in [3.63, 3.8) is 0 Å². The van der Waals surface area contributed by atoms with Gasteiger partial charge in [0.1, 0.15) is 0 Å². The summed E-state index contributed by atoms with van der Waals surface area (Å²) in [6.45, 7) is 8.16. The number of hydrogen-bond donors (Lipinski definition) is 1. The van der Waals surface area contributed by atoms with Crippen molar-refractivity contribution >= 4 is 23.5 Å². The van der Waals surface area contributed by atoms with Crippen LogP contribution in [-0.4, -0.2) is 29.8 Å². The number of anilines is 1. The second-order valence-electron chi connectivity index (χ2n) is 7.80. The molecule has 1 aliphatic heterocycles. The fourth-order valence-corrected chi connectivity index (χ4v) is 4.40. The van der Waals surface area contributed by atoms with Crippen LogP contribution in [0.3, 0.4) is 0 Å². The molecule has 0 unspecified atom stereocenters. The van der Waals surface area contributed by atoms with Crippen molar-refractivity contribution < 1.29 is 4.79 Å². The summed E-state index contributed by atoms with van der Waals surface area (Å²) in [5.41, 5.74) is 3.61. The molecule has 3 rings (SSSR count). The third-order valence-corrected chi connectivity index (χ3v) is 6.13. The van der Waals surface area contributed by atoms with E-state index in [2.05, 4.69) is 68.6 Å². The summed E-state index contributed by atoms with van der Waals surface area (Å²) in [4.78, 5) is 14.6. The molecule has 2 amide bonds. The van der Waals surface area contributed by atoms with Gasteiger partial charge in [0, 0.05) is 29.8 Å². The van der Waals surface area contributed by atoms with Crippen molar-refractivity contribution in [2.24, 2.45) is 0 Å². The van der Waals surface area contributed by atoms with Gasteiger partial charge in [-0.05, 0) is 35.1 Å². The standard InChI is InChI=1S/C22H28N2OS/c1-22(2,3)18-9-11-19(12-10-18)23-21(25)24-14-13-20(26-16-15-24)17-7-5-4-6-8-17/h4-12,20H,13-16H2,1-3H3,(H,23,25)/t20-/m1/s1. The van der Waals surface area contributed by atoms with Crippen molar-refractivity contribution in [2.45, 2.75) is 37.9 Å². The zero-order chi connectivity index (χ0) is 18.6. The van der Waals surface area contributed by atoms with Crippen LogP contribution in [0.25, 0.3) is 0 Å². The Morgan fingerprint density at radius 3 is 2.38 bits per heavy atom. The minimum atomic E-state index is 0.00261. The minimum Gasteiger partial charge on any atom is -0.324 e. The smallest absolute Gasteiger partial charge is 0.321 e. The van der Waals surface area contributed by atoms with Crippen LogP contribution in [0.15, 0.2) is 54.6 Å². The molecule has 0 aliphatic carbocycles. The van der Waals surface area contributed by atoms with Gasteiger partial charge in [-0.3, -0.25) is 0 Å². The van der Waals surface area contributed by atoms with Crippen molar-refractivity contribution in [3.8, 4) is 0 Å². The van der Waals surface area contributed by atoms with Crippen LogP contribution in [0.5, 0.6) is 0 Å². The molecule has 2 aromatic carbocycles. The number of urea groups is 1. The molecule has 26 heavy (non-hydrogen) atoms. The number of carbonyl (C=O) groups excluding carboxylic acids is 1. The summed E-state index contributed by atoms with van der Waals surface area (Å²) in [7, 11) is 0. The Labute approximate surface area is 161 Å². The summed E-state index contributed by atoms with van der Waals surface area (Å²) >= 11 is 1.95. The highest BCUT2D eigenvalue weighted by atomic mass is 32.2. The van der Waals surface area contributed by atoms with Gasteiger partial charge in [-0.1, -0.05) is 63.2 Å². The first kappa shape index (κ1) is 18.8. The first-order chi connectivity index (χ1) is 12.4. The predicted octanol–water partition coefficient (Wildman–Crippen LogP) is 5.70. The van der Waals surface area contributed by atoms with E-state index in [1.807, 2.05) is 28.8 Å². The summed E-state index contributed by atoms with van der Waals surface area (Å²) in [5.74, 6) is 0.968. The van der Waals surface area contributed by atoms with Gasteiger partial charge in [-0.25, -0.2) is 4.79 Å². The maximum Gasteiger partial charge on any atom is 0.321 e. The van der Waals surface area contributed by atoms with Crippen LogP contribution in [0.2, 0.25) is 0 Å². The lowest BCUT2D eigenvalue weighted by Crippen LogP contribution is -2.36. The Bertz CT molecular complexity index is 722. The Balaban J connectivity index is 1.58. The Kier molecular flexibility index (Phi) is 5.92. The van der Waals surface area contributed by atoms with Crippen LogP contribution in [-0.2, 0) is 5.41 Å². The molecular formula is C22H28N2OS. The molecule has 138 valence electrons. The molecule has 0 spiro atoms. The number of thioether (sulfide) groups is 1. The Hall–Kier alpha value is -1.94. The van der Waals surface area contributed by atoms with Crippen molar-refractivity contribution in [1.82, 2.24) is 4.90 Å². The number of rotatable bonds is 2. The van der Waals surface area contributed by atoms with Crippen molar-refractivity contribution in [2.75, 3.05) is 24.2 Å². The van der Waals surface area contributed by atoms with E-state index in [-0.39, 0.29) is 11.4 Å². The number of carbonyl (C=O) groups is 1. The number of nitrogens with zero attached hydrogens (tertiary/aromatic N) is 1. The molecule has 1 heterocycles. The first-order valence-corrected chi connectivity index (χ1v) is 10.3. The van der Waals surface area contributed by atoms with Crippen molar-refractivity contribution in [1.29, 1.82) is 0 Å². The highest BCUT2D eigenvalue weighted by Gasteiger charge is 2.22. The largest absolute Gasteiger partial charge is 0.324 e. The zero-order valence-electron chi connectivity index (χ0n) is 15.9. The van der Waals surface area contributed by atoms with Gasteiger partial charge in [-0.15, -0.1) is 0 Å². The average molecular weight is 369 g/mol. The van der Waals surface area contributed by atoms with Gasteiger partial charge >= 0.3 is 6.03 Å². The van der Waals surface area contributed by atoms with E-state index in [1.165, 1.54) is 11.1 Å². The molecule has 0 bridgehead atoms. The maximum atomic E-state index is 12.7. The molecular weight excluding hydrogens is 340 g/mol. The second-order valence-corrected chi connectivity index (χ2v) is 9.11. The van der Waals surface area contributed by atoms with Gasteiger partial charge in [0.2, 0.25) is 0 Å². The summed E-state index contributed by atoms with van der Waals surface area (Å²) in [5, 5.41) is 3.52. The van der Waals surface area contributed by atoms with Gasteiger partial charge < -0.3 is 10.2 Å². The molecule has 0 aromatic heterocycles. The molecule has 1 saturated heterocycles. The summed E-state index contributed by atoms with van der Waals surface area (Å²) < 4.78 is 0. The van der Waals surface area contributed by atoms with Crippen LogP contribution < -0.4 is 5.32 Å². The highest BCUT2D eigenvalue weighted by Crippen LogP contribution is 2.34. The highest BCUT2D eigenvalue weighted by molar-refractivity contribution is 7.99. The average Bonchev–Trinajstić information content (AvgIpc) is 2.88. The number of nitrogens with one attached hydrogen (secondary N) is 1. The molecule has 1 atom stereocenters. The van der Waals surface area contributed by atoms with Crippen LogP contribution in [0.4, 0.5) is 10.5 Å². The maximum absolute atomic E-state index is 12.7. The molecule has 3 nitrogen and oxygen atoms in total. The van der Waals surface area contributed by atoms with E-state index in [9.17, 15) is 4.79 Å². The van der Waals surface area contributed by atoms with Gasteiger partial charge in [0.15, 0.2) is 0 Å². The monoisotopic (exact) mass is 368 g/mol.